The third kappa shape index (κ3) is 2.67. The van der Waals surface area contributed by atoms with E-state index in [-0.39, 0.29) is 6.07 Å². The van der Waals surface area contributed by atoms with Gasteiger partial charge in [-0.3, -0.25) is 0 Å². The molecule has 1 rings (SSSR count). The van der Waals surface area contributed by atoms with Gasteiger partial charge in [0.15, 0.2) is 0 Å². The van der Waals surface area contributed by atoms with Crippen LogP contribution in [0.25, 0.3) is 0 Å². The van der Waals surface area contributed by atoms with Crippen LogP contribution in [0.2, 0.25) is 0 Å². The molecule has 0 aromatic heterocycles. The van der Waals surface area contributed by atoms with Gasteiger partial charge >= 0.3 is 12.4 Å². The number of hydrogen-bond donors (Lipinski definition) is 0. The largest absolute Gasteiger partial charge is 0.416 e. The Balaban J connectivity index is 3.30. The van der Waals surface area contributed by atoms with Crippen LogP contribution in [0.5, 0.6) is 0 Å². The van der Waals surface area contributed by atoms with Gasteiger partial charge in [-0.1, -0.05) is 17.6 Å². The quantitative estimate of drug-likeness (QED) is 0.469. The predicted molar refractivity (Wildman–Crippen MR) is 41.8 cm³/mol. The zero-order chi connectivity index (χ0) is 11.9. The van der Waals surface area contributed by atoms with E-state index in [1.54, 1.807) is 0 Å². The molecule has 0 saturated heterocycles. The maximum atomic E-state index is 12.2. The van der Waals surface area contributed by atoms with Crippen molar-refractivity contribution in [1.82, 2.24) is 0 Å². The van der Waals surface area contributed by atoms with Gasteiger partial charge in [-0.2, -0.15) is 26.3 Å². The summed E-state index contributed by atoms with van der Waals surface area (Å²) in [5, 5.41) is 0. The van der Waals surface area contributed by atoms with Gasteiger partial charge in [0.25, 0.3) is 0 Å². The molecule has 0 fully saturated rings. The van der Waals surface area contributed by atoms with Crippen molar-refractivity contribution in [3.63, 3.8) is 0 Å². The molecule has 0 nitrogen and oxygen atoms in total. The van der Waals surface area contributed by atoms with E-state index < -0.39 is 28.9 Å². The van der Waals surface area contributed by atoms with Crippen molar-refractivity contribution in [1.29, 1.82) is 0 Å². The summed E-state index contributed by atoms with van der Waals surface area (Å²) in [4.78, 5) is 0. The van der Waals surface area contributed by atoms with Gasteiger partial charge < -0.3 is 0 Å². The van der Waals surface area contributed by atoms with Crippen LogP contribution in [-0.4, -0.2) is 7.85 Å². The highest BCUT2D eigenvalue weighted by Gasteiger charge is 2.36. The predicted octanol–water partition coefficient (Wildman–Crippen LogP) is 2.52. The van der Waals surface area contributed by atoms with Gasteiger partial charge in [-0.15, -0.1) is 0 Å². The van der Waals surface area contributed by atoms with Crippen molar-refractivity contribution in [2.24, 2.45) is 0 Å². The molecule has 0 aliphatic carbocycles. The number of benzene rings is 1. The molecule has 15 heavy (non-hydrogen) atoms. The molecule has 0 amide bonds. The van der Waals surface area contributed by atoms with E-state index in [1.165, 1.54) is 0 Å². The van der Waals surface area contributed by atoms with Crippen LogP contribution in [0.4, 0.5) is 26.3 Å². The lowest BCUT2D eigenvalue weighted by molar-refractivity contribution is -0.142. The summed E-state index contributed by atoms with van der Waals surface area (Å²) < 4.78 is 72.7. The molecule has 7 heteroatoms. The Morgan fingerprint density at radius 2 is 1.40 bits per heavy atom. The van der Waals surface area contributed by atoms with Crippen molar-refractivity contribution in [2.45, 2.75) is 12.4 Å². The van der Waals surface area contributed by atoms with Crippen molar-refractivity contribution in [2.75, 3.05) is 0 Å². The fourth-order valence-electron chi connectivity index (χ4n) is 0.978. The third-order valence-electron chi connectivity index (χ3n) is 1.69. The standard InChI is InChI=1S/C8H3BF6/c9-6-2-1-4(7(10,11)12)3-5(6)8(13,14)15/h1-3H. The van der Waals surface area contributed by atoms with Crippen molar-refractivity contribution >= 4 is 13.3 Å². The molecule has 0 aliphatic rings. The number of alkyl halides is 6. The monoisotopic (exact) mass is 224 g/mol. The second-order valence-electron chi connectivity index (χ2n) is 2.80. The zero-order valence-corrected chi connectivity index (χ0v) is 7.08. The number of halogens is 6. The molecule has 1 aromatic carbocycles. The minimum Gasteiger partial charge on any atom is -0.166 e. The molecule has 0 N–H and O–H groups in total. The molecule has 0 spiro atoms. The number of rotatable bonds is 0. The van der Waals surface area contributed by atoms with Crippen LogP contribution in [0.3, 0.4) is 0 Å². The fraction of sp³-hybridized carbons (Fsp3) is 0.250. The summed E-state index contributed by atoms with van der Waals surface area (Å²) in [6, 6.07) is 1.09. The Bertz CT molecular complexity index is 364. The minimum absolute atomic E-state index is 0.00463. The lowest BCUT2D eigenvalue weighted by Gasteiger charge is -2.13. The van der Waals surface area contributed by atoms with Crippen LogP contribution < -0.4 is 5.46 Å². The molecular weight excluding hydrogens is 221 g/mol. The minimum atomic E-state index is -4.88. The van der Waals surface area contributed by atoms with Crippen molar-refractivity contribution in [3.8, 4) is 0 Å². The van der Waals surface area contributed by atoms with Gasteiger partial charge in [0.05, 0.1) is 5.56 Å². The second kappa shape index (κ2) is 3.46. The Hall–Kier alpha value is -1.14. The van der Waals surface area contributed by atoms with Gasteiger partial charge in [0.2, 0.25) is 0 Å². The van der Waals surface area contributed by atoms with E-state index in [2.05, 4.69) is 0 Å². The average Bonchev–Trinajstić information content (AvgIpc) is 2.00. The van der Waals surface area contributed by atoms with E-state index >= 15 is 0 Å². The maximum Gasteiger partial charge on any atom is 0.416 e. The third-order valence-corrected chi connectivity index (χ3v) is 1.69. The lowest BCUT2D eigenvalue weighted by Crippen LogP contribution is -2.21. The van der Waals surface area contributed by atoms with Gasteiger partial charge in [0.1, 0.15) is 7.85 Å². The molecule has 0 bridgehead atoms. The van der Waals surface area contributed by atoms with Gasteiger partial charge in [-0.25, -0.2) is 0 Å². The first-order chi connectivity index (χ1) is 6.62. The first-order valence-corrected chi connectivity index (χ1v) is 3.66. The lowest BCUT2D eigenvalue weighted by atomic mass is 9.89. The van der Waals surface area contributed by atoms with Crippen LogP contribution in [0.15, 0.2) is 18.2 Å². The molecule has 0 aliphatic heterocycles. The molecule has 2 radical (unpaired) electrons. The molecule has 0 unspecified atom stereocenters. The molecule has 80 valence electrons. The second-order valence-corrected chi connectivity index (χ2v) is 2.80. The highest BCUT2D eigenvalue weighted by Crippen LogP contribution is 2.33. The van der Waals surface area contributed by atoms with E-state index in [0.717, 1.165) is 0 Å². The highest BCUT2D eigenvalue weighted by atomic mass is 19.4. The van der Waals surface area contributed by atoms with Gasteiger partial charge in [0, 0.05) is 5.56 Å². The van der Waals surface area contributed by atoms with E-state index in [0.29, 0.717) is 12.1 Å². The highest BCUT2D eigenvalue weighted by molar-refractivity contribution is 6.33. The summed E-state index contributed by atoms with van der Waals surface area (Å²) in [7, 11) is 4.93. The fourth-order valence-corrected chi connectivity index (χ4v) is 0.978. The molecule has 0 atom stereocenters. The number of hydrogen-bond acceptors (Lipinski definition) is 0. The summed E-state index contributed by atoms with van der Waals surface area (Å²) in [6.45, 7) is 0. The first kappa shape index (κ1) is 11.9. The van der Waals surface area contributed by atoms with E-state index in [9.17, 15) is 26.3 Å². The van der Waals surface area contributed by atoms with Gasteiger partial charge in [-0.05, 0) is 6.07 Å². The Labute approximate surface area is 82.3 Å². The zero-order valence-electron chi connectivity index (χ0n) is 7.08. The Kier molecular flexibility index (Phi) is 2.76. The summed E-state index contributed by atoms with van der Waals surface area (Å²) in [5.74, 6) is 0. The van der Waals surface area contributed by atoms with Crippen LogP contribution in [0.1, 0.15) is 11.1 Å². The molecule has 1 aromatic rings. The molecular formula is C8H3BF6. The topological polar surface area (TPSA) is 0 Å². The smallest absolute Gasteiger partial charge is 0.166 e. The Morgan fingerprint density at radius 1 is 0.867 bits per heavy atom. The first-order valence-electron chi connectivity index (χ1n) is 3.66. The van der Waals surface area contributed by atoms with Crippen LogP contribution in [0, 0.1) is 0 Å². The molecule has 0 saturated carbocycles. The summed E-state index contributed by atoms with van der Waals surface area (Å²) in [5.41, 5.74) is -3.57. The Morgan fingerprint density at radius 3 is 1.80 bits per heavy atom. The summed E-state index contributed by atoms with van der Waals surface area (Å²) >= 11 is 0. The van der Waals surface area contributed by atoms with Crippen molar-refractivity contribution in [3.05, 3.63) is 29.3 Å². The van der Waals surface area contributed by atoms with Crippen molar-refractivity contribution < 1.29 is 26.3 Å². The molecule has 0 heterocycles. The average molecular weight is 224 g/mol. The maximum absolute atomic E-state index is 12.2. The van der Waals surface area contributed by atoms with E-state index in [1.807, 2.05) is 0 Å². The van der Waals surface area contributed by atoms with Crippen LogP contribution >= 0.6 is 0 Å². The van der Waals surface area contributed by atoms with E-state index in [4.69, 9.17) is 7.85 Å². The summed E-state index contributed by atoms with van der Waals surface area (Å²) in [6.07, 6.45) is -9.70. The SMILES string of the molecule is [B]c1ccc(C(F)(F)F)cc1C(F)(F)F. The normalized spacial score (nSPS) is 12.9. The van der Waals surface area contributed by atoms with Crippen LogP contribution in [-0.2, 0) is 12.4 Å².